The lowest BCUT2D eigenvalue weighted by Gasteiger charge is -2.00. The van der Waals surface area contributed by atoms with E-state index in [1.165, 1.54) is 10.9 Å². The first-order valence-corrected chi connectivity index (χ1v) is 6.02. The minimum atomic E-state index is -0.547. The first-order valence-electron chi connectivity index (χ1n) is 6.02. The average molecular weight is 272 g/mol. The van der Waals surface area contributed by atoms with Crippen LogP contribution in [0.2, 0.25) is 0 Å². The van der Waals surface area contributed by atoms with Crippen LogP contribution in [0, 0.1) is 0 Å². The summed E-state index contributed by atoms with van der Waals surface area (Å²) in [7, 11) is 0. The van der Waals surface area contributed by atoms with Crippen LogP contribution in [0.5, 0.6) is 0 Å². The molecule has 2 N–H and O–H groups in total. The van der Waals surface area contributed by atoms with Crippen molar-refractivity contribution in [1.29, 1.82) is 0 Å². The van der Waals surface area contributed by atoms with Crippen molar-refractivity contribution in [3.8, 4) is 5.82 Å². The van der Waals surface area contributed by atoms with Crippen molar-refractivity contribution in [2.75, 3.05) is 12.3 Å². The Labute approximate surface area is 113 Å². The average Bonchev–Trinajstić information content (AvgIpc) is 3.04. The molecular weight excluding hydrogens is 260 g/mol. The number of carbonyl (C=O) groups excluding carboxylic acids is 1. The van der Waals surface area contributed by atoms with Crippen LogP contribution in [0.3, 0.4) is 0 Å². The number of ether oxygens (including phenoxy) is 1. The minimum absolute atomic E-state index is 0.0852. The van der Waals surface area contributed by atoms with E-state index >= 15 is 0 Å². The summed E-state index contributed by atoms with van der Waals surface area (Å²) in [5.74, 6) is -0.00516. The van der Waals surface area contributed by atoms with Crippen molar-refractivity contribution >= 4 is 17.3 Å². The predicted molar refractivity (Wildman–Crippen MR) is 70.5 cm³/mol. The topological polar surface area (TPSA) is 100 Å². The third-order valence-electron chi connectivity index (χ3n) is 2.69. The Hall–Kier alpha value is -2.90. The number of nitrogens with two attached hydrogens (primary N) is 1. The monoisotopic (exact) mass is 272 g/mol. The lowest BCUT2D eigenvalue weighted by atomic mass is 10.4. The Morgan fingerprint density at radius 3 is 3.10 bits per heavy atom. The summed E-state index contributed by atoms with van der Waals surface area (Å²) in [6.07, 6.45) is 4.93. The van der Waals surface area contributed by atoms with Gasteiger partial charge in [0.05, 0.1) is 24.7 Å². The second-order valence-electron chi connectivity index (χ2n) is 4.02. The van der Waals surface area contributed by atoms with Crippen LogP contribution < -0.4 is 5.73 Å². The Bertz CT molecular complexity index is 775. The van der Waals surface area contributed by atoms with Crippen LogP contribution in [0.1, 0.15) is 17.4 Å². The number of nitrogen functional groups attached to an aromatic ring is 1. The number of rotatable bonds is 3. The molecule has 0 bridgehead atoms. The van der Waals surface area contributed by atoms with Gasteiger partial charge in [-0.25, -0.2) is 19.0 Å². The fourth-order valence-corrected chi connectivity index (χ4v) is 1.79. The Morgan fingerprint density at radius 2 is 2.30 bits per heavy atom. The maximum Gasteiger partial charge on any atom is 0.361 e. The van der Waals surface area contributed by atoms with E-state index in [0.29, 0.717) is 11.5 Å². The van der Waals surface area contributed by atoms with Crippen molar-refractivity contribution in [3.63, 3.8) is 0 Å². The first-order chi connectivity index (χ1) is 9.69. The van der Waals surface area contributed by atoms with E-state index in [0.717, 1.165) is 0 Å². The summed E-state index contributed by atoms with van der Waals surface area (Å²) in [6.45, 7) is 1.99. The maximum absolute atomic E-state index is 11.7. The number of esters is 1. The first kappa shape index (κ1) is 12.2. The number of hydrogen-bond donors (Lipinski definition) is 1. The predicted octanol–water partition coefficient (Wildman–Crippen LogP) is 0.674. The number of aromatic nitrogens is 5. The van der Waals surface area contributed by atoms with Gasteiger partial charge in [0.25, 0.3) is 0 Å². The van der Waals surface area contributed by atoms with E-state index in [2.05, 4.69) is 15.2 Å². The summed E-state index contributed by atoms with van der Waals surface area (Å²) in [5, 5.41) is 8.17. The fraction of sp³-hybridized carbons (Fsp3) is 0.167. The molecule has 8 heteroatoms. The van der Waals surface area contributed by atoms with Crippen molar-refractivity contribution in [2.45, 2.75) is 6.92 Å². The molecular formula is C12H12N6O2. The molecule has 0 aromatic carbocycles. The van der Waals surface area contributed by atoms with Crippen molar-refractivity contribution < 1.29 is 9.53 Å². The van der Waals surface area contributed by atoms with Gasteiger partial charge < -0.3 is 10.5 Å². The smallest absolute Gasteiger partial charge is 0.361 e. The molecule has 3 heterocycles. The molecule has 0 aliphatic rings. The lowest BCUT2D eigenvalue weighted by Crippen LogP contribution is -2.09. The molecule has 8 nitrogen and oxygen atoms in total. The quantitative estimate of drug-likeness (QED) is 0.703. The normalized spacial score (nSPS) is 10.8. The van der Waals surface area contributed by atoms with E-state index < -0.39 is 5.97 Å². The Kier molecular flexibility index (Phi) is 2.82. The molecule has 0 saturated carbocycles. The van der Waals surface area contributed by atoms with Gasteiger partial charge >= 0.3 is 5.97 Å². The number of anilines is 1. The van der Waals surface area contributed by atoms with Gasteiger partial charge in [-0.1, -0.05) is 0 Å². The molecule has 0 fully saturated rings. The van der Waals surface area contributed by atoms with Gasteiger partial charge in [0.15, 0.2) is 17.2 Å². The van der Waals surface area contributed by atoms with Crippen molar-refractivity contribution in [3.05, 3.63) is 36.4 Å². The SMILES string of the molecule is CCOC(=O)c1nn(-c2ccn3nccc3n2)cc1N. The summed E-state index contributed by atoms with van der Waals surface area (Å²) < 4.78 is 7.95. The number of fused-ring (bicyclic) bond motifs is 1. The third kappa shape index (κ3) is 1.96. The molecule has 0 saturated heterocycles. The maximum atomic E-state index is 11.7. The van der Waals surface area contributed by atoms with Crippen LogP contribution in [-0.2, 0) is 4.74 Å². The number of nitrogens with zero attached hydrogens (tertiary/aromatic N) is 5. The zero-order valence-electron chi connectivity index (χ0n) is 10.7. The molecule has 0 radical (unpaired) electrons. The van der Waals surface area contributed by atoms with Gasteiger partial charge in [-0.3, -0.25) is 0 Å². The highest BCUT2D eigenvalue weighted by Crippen LogP contribution is 2.14. The highest BCUT2D eigenvalue weighted by atomic mass is 16.5. The van der Waals surface area contributed by atoms with Gasteiger partial charge in [0.2, 0.25) is 0 Å². The lowest BCUT2D eigenvalue weighted by molar-refractivity contribution is 0.0520. The standard InChI is InChI=1S/C12H12N6O2/c1-2-20-12(19)11-8(13)7-18(16-11)10-4-6-17-9(15-10)3-5-14-17/h3-7H,2,13H2,1H3. The molecule has 3 aromatic rings. The molecule has 0 atom stereocenters. The van der Waals surface area contributed by atoms with E-state index in [1.54, 1.807) is 36.0 Å². The molecule has 102 valence electrons. The van der Waals surface area contributed by atoms with Crippen LogP contribution >= 0.6 is 0 Å². The second-order valence-corrected chi connectivity index (χ2v) is 4.02. The number of hydrogen-bond acceptors (Lipinski definition) is 6. The number of carbonyl (C=O) groups is 1. The molecule has 0 aliphatic carbocycles. The summed E-state index contributed by atoms with van der Waals surface area (Å²) in [6, 6.07) is 3.49. The van der Waals surface area contributed by atoms with E-state index in [9.17, 15) is 4.79 Å². The molecule has 0 aliphatic heterocycles. The van der Waals surface area contributed by atoms with Crippen molar-refractivity contribution in [1.82, 2.24) is 24.4 Å². The largest absolute Gasteiger partial charge is 0.461 e. The highest BCUT2D eigenvalue weighted by Gasteiger charge is 2.17. The van der Waals surface area contributed by atoms with Gasteiger partial charge in [-0.15, -0.1) is 0 Å². The molecule has 20 heavy (non-hydrogen) atoms. The highest BCUT2D eigenvalue weighted by molar-refractivity contribution is 5.92. The molecule has 0 spiro atoms. The van der Waals surface area contributed by atoms with E-state index in [4.69, 9.17) is 10.5 Å². The summed E-state index contributed by atoms with van der Waals surface area (Å²) in [5.41, 5.74) is 6.78. The van der Waals surface area contributed by atoms with Crippen molar-refractivity contribution in [2.24, 2.45) is 0 Å². The summed E-state index contributed by atoms with van der Waals surface area (Å²) in [4.78, 5) is 16.0. The van der Waals surface area contributed by atoms with Crippen LogP contribution in [-0.4, -0.2) is 37.0 Å². The fourth-order valence-electron chi connectivity index (χ4n) is 1.79. The Morgan fingerprint density at radius 1 is 1.45 bits per heavy atom. The third-order valence-corrected chi connectivity index (χ3v) is 2.69. The van der Waals surface area contributed by atoms with E-state index in [1.807, 2.05) is 0 Å². The summed E-state index contributed by atoms with van der Waals surface area (Å²) >= 11 is 0. The van der Waals surface area contributed by atoms with Crippen LogP contribution in [0.15, 0.2) is 30.7 Å². The zero-order valence-corrected chi connectivity index (χ0v) is 10.7. The molecule has 3 rings (SSSR count). The van der Waals surface area contributed by atoms with E-state index in [-0.39, 0.29) is 18.0 Å². The van der Waals surface area contributed by atoms with Crippen LogP contribution in [0.4, 0.5) is 5.69 Å². The van der Waals surface area contributed by atoms with Gasteiger partial charge in [-0.2, -0.15) is 10.2 Å². The zero-order chi connectivity index (χ0) is 14.1. The molecule has 0 unspecified atom stereocenters. The van der Waals surface area contributed by atoms with Gasteiger partial charge in [-0.05, 0) is 6.92 Å². The Balaban J connectivity index is 2.01. The second kappa shape index (κ2) is 4.65. The molecule has 0 amide bonds. The van der Waals surface area contributed by atoms with Crippen LogP contribution in [0.25, 0.3) is 11.5 Å². The molecule has 3 aromatic heterocycles. The van der Waals surface area contributed by atoms with Gasteiger partial charge in [0.1, 0.15) is 0 Å². The minimum Gasteiger partial charge on any atom is -0.461 e. The van der Waals surface area contributed by atoms with Gasteiger partial charge in [0, 0.05) is 18.3 Å².